The smallest absolute Gasteiger partial charge is 0.408 e. The molecule has 0 aliphatic heterocycles. The van der Waals surface area contributed by atoms with Gasteiger partial charge in [0.25, 0.3) is 0 Å². The van der Waals surface area contributed by atoms with Gasteiger partial charge in [-0.15, -0.1) is 0 Å². The Hall–Kier alpha value is -2.37. The van der Waals surface area contributed by atoms with Crippen LogP contribution in [0.4, 0.5) is 4.79 Å². The number of hydrogen-bond acceptors (Lipinski definition) is 4. The zero-order valence-corrected chi connectivity index (χ0v) is 16.0. The van der Waals surface area contributed by atoms with E-state index in [9.17, 15) is 14.4 Å². The summed E-state index contributed by atoms with van der Waals surface area (Å²) in [5, 5.41) is 5.32. The monoisotopic (exact) mass is 362 g/mol. The van der Waals surface area contributed by atoms with E-state index in [1.807, 2.05) is 58.0 Å². The van der Waals surface area contributed by atoms with Gasteiger partial charge in [-0.25, -0.2) is 4.79 Å². The number of hydrogen-bond donors (Lipinski definition) is 2. The number of nitrogens with one attached hydrogen (secondary N) is 2. The highest BCUT2D eigenvalue weighted by Gasteiger charge is 2.25. The van der Waals surface area contributed by atoms with Gasteiger partial charge < -0.3 is 20.2 Å². The van der Waals surface area contributed by atoms with Crippen LogP contribution in [-0.2, 0) is 20.9 Å². The van der Waals surface area contributed by atoms with Crippen LogP contribution < -0.4 is 10.6 Å². The van der Waals surface area contributed by atoms with Crippen molar-refractivity contribution in [1.82, 2.24) is 10.6 Å². The number of alkyl carbamates (subject to hydrolysis) is 1. The fourth-order valence-electron chi connectivity index (χ4n) is 2.55. The third kappa shape index (κ3) is 8.65. The molecule has 6 heteroatoms. The van der Waals surface area contributed by atoms with Crippen molar-refractivity contribution < 1.29 is 19.1 Å². The Morgan fingerprint density at radius 2 is 1.62 bits per heavy atom. The van der Waals surface area contributed by atoms with E-state index in [0.717, 1.165) is 11.8 Å². The molecule has 2 atom stereocenters. The predicted octanol–water partition coefficient (Wildman–Crippen LogP) is 3.06. The van der Waals surface area contributed by atoms with E-state index in [2.05, 4.69) is 10.6 Å². The molecule has 0 saturated heterocycles. The van der Waals surface area contributed by atoms with Crippen molar-refractivity contribution >= 4 is 18.3 Å². The van der Waals surface area contributed by atoms with Crippen molar-refractivity contribution in [1.29, 1.82) is 0 Å². The molecular weight excluding hydrogens is 332 g/mol. The summed E-state index contributed by atoms with van der Waals surface area (Å²) in [7, 11) is 0. The van der Waals surface area contributed by atoms with Crippen LogP contribution >= 0.6 is 0 Å². The molecule has 2 N–H and O–H groups in total. The maximum Gasteiger partial charge on any atom is 0.408 e. The van der Waals surface area contributed by atoms with E-state index in [-0.39, 0.29) is 24.3 Å². The first-order valence-corrected chi connectivity index (χ1v) is 9.04. The number of carbonyl (C=O) groups is 3. The quantitative estimate of drug-likeness (QED) is 0.627. The molecule has 1 rings (SSSR count). The molecule has 26 heavy (non-hydrogen) atoms. The number of aldehydes is 1. The second-order valence-electron chi connectivity index (χ2n) is 7.27. The van der Waals surface area contributed by atoms with Gasteiger partial charge in [0.15, 0.2) is 0 Å². The van der Waals surface area contributed by atoms with Gasteiger partial charge in [-0.2, -0.15) is 0 Å². The summed E-state index contributed by atoms with van der Waals surface area (Å²) in [4.78, 5) is 35.7. The highest BCUT2D eigenvalue weighted by molar-refractivity contribution is 5.87. The van der Waals surface area contributed by atoms with Crippen LogP contribution in [-0.4, -0.2) is 30.4 Å². The van der Waals surface area contributed by atoms with Gasteiger partial charge in [-0.1, -0.05) is 58.0 Å². The molecular formula is C20H30N2O4. The zero-order chi connectivity index (χ0) is 19.5. The lowest BCUT2D eigenvalue weighted by molar-refractivity contribution is -0.126. The van der Waals surface area contributed by atoms with Crippen LogP contribution in [0.3, 0.4) is 0 Å². The van der Waals surface area contributed by atoms with E-state index in [0.29, 0.717) is 12.8 Å². The standard InChI is InChI=1S/C20H30N2O4/c1-14(2)10-17(12-23)21-19(24)18(11-15(3)4)22-20(25)26-13-16-8-6-5-7-9-16/h5-9,12,14-15,17-18H,10-11,13H2,1-4H3,(H,21,24)(H,22,25). The Balaban J connectivity index is 2.62. The van der Waals surface area contributed by atoms with Crippen molar-refractivity contribution in [2.75, 3.05) is 0 Å². The topological polar surface area (TPSA) is 84.5 Å². The molecule has 0 fully saturated rings. The van der Waals surface area contributed by atoms with Gasteiger partial charge in [0.1, 0.15) is 18.9 Å². The summed E-state index contributed by atoms with van der Waals surface area (Å²) >= 11 is 0. The second kappa shape index (κ2) is 11.3. The van der Waals surface area contributed by atoms with Gasteiger partial charge in [-0.3, -0.25) is 4.79 Å². The Bertz CT molecular complexity index is 572. The van der Waals surface area contributed by atoms with Crippen LogP contribution in [0.2, 0.25) is 0 Å². The first-order valence-electron chi connectivity index (χ1n) is 9.04. The summed E-state index contributed by atoms with van der Waals surface area (Å²) < 4.78 is 5.19. The fourth-order valence-corrected chi connectivity index (χ4v) is 2.55. The van der Waals surface area contributed by atoms with E-state index in [1.54, 1.807) is 0 Å². The predicted molar refractivity (Wildman–Crippen MR) is 100 cm³/mol. The number of benzene rings is 1. The van der Waals surface area contributed by atoms with Crippen LogP contribution in [0.15, 0.2) is 30.3 Å². The van der Waals surface area contributed by atoms with Crippen LogP contribution in [0, 0.1) is 11.8 Å². The van der Waals surface area contributed by atoms with E-state index in [1.165, 1.54) is 0 Å². The summed E-state index contributed by atoms with van der Waals surface area (Å²) in [6.07, 6.45) is 1.10. The average Bonchev–Trinajstić information content (AvgIpc) is 2.58. The zero-order valence-electron chi connectivity index (χ0n) is 16.0. The highest BCUT2D eigenvalue weighted by Crippen LogP contribution is 2.08. The number of carbonyl (C=O) groups excluding carboxylic acids is 3. The molecule has 1 aromatic carbocycles. The molecule has 0 bridgehead atoms. The molecule has 0 radical (unpaired) electrons. The lowest BCUT2D eigenvalue weighted by Crippen LogP contribution is -2.50. The van der Waals surface area contributed by atoms with Crippen molar-refractivity contribution in [3.63, 3.8) is 0 Å². The molecule has 0 spiro atoms. The minimum Gasteiger partial charge on any atom is -0.445 e. The van der Waals surface area contributed by atoms with Crippen molar-refractivity contribution in [2.45, 2.75) is 59.2 Å². The Morgan fingerprint density at radius 1 is 1.00 bits per heavy atom. The van der Waals surface area contributed by atoms with Gasteiger partial charge >= 0.3 is 6.09 Å². The Kier molecular flexibility index (Phi) is 9.41. The molecule has 2 amide bonds. The molecule has 0 heterocycles. The van der Waals surface area contributed by atoms with Crippen molar-refractivity contribution in [2.24, 2.45) is 11.8 Å². The number of ether oxygens (including phenoxy) is 1. The van der Waals surface area contributed by atoms with Crippen LogP contribution in [0.5, 0.6) is 0 Å². The first-order chi connectivity index (χ1) is 12.3. The average molecular weight is 362 g/mol. The Morgan fingerprint density at radius 3 is 2.15 bits per heavy atom. The summed E-state index contributed by atoms with van der Waals surface area (Å²) in [5.74, 6) is 0.103. The van der Waals surface area contributed by atoms with Crippen molar-refractivity contribution in [3.8, 4) is 0 Å². The van der Waals surface area contributed by atoms with Gasteiger partial charge in [0.2, 0.25) is 5.91 Å². The first kappa shape index (κ1) is 21.7. The molecule has 0 aromatic heterocycles. The van der Waals surface area contributed by atoms with Gasteiger partial charge in [0.05, 0.1) is 6.04 Å². The highest BCUT2D eigenvalue weighted by atomic mass is 16.5. The van der Waals surface area contributed by atoms with Gasteiger partial charge in [0, 0.05) is 0 Å². The Labute approximate surface area is 155 Å². The number of rotatable bonds is 10. The maximum atomic E-state index is 12.5. The van der Waals surface area contributed by atoms with Crippen LogP contribution in [0.1, 0.15) is 46.1 Å². The molecule has 2 unspecified atom stereocenters. The maximum absolute atomic E-state index is 12.5. The van der Waals surface area contributed by atoms with Crippen molar-refractivity contribution in [3.05, 3.63) is 35.9 Å². The molecule has 0 aliphatic rings. The normalized spacial score (nSPS) is 13.2. The minimum absolute atomic E-state index is 0.132. The summed E-state index contributed by atoms with van der Waals surface area (Å²) in [6.45, 7) is 8.01. The molecule has 1 aromatic rings. The molecule has 144 valence electrons. The summed E-state index contributed by atoms with van der Waals surface area (Å²) in [5.41, 5.74) is 0.866. The SMILES string of the molecule is CC(C)CC(C=O)NC(=O)C(CC(C)C)NC(=O)OCc1ccccc1. The van der Waals surface area contributed by atoms with E-state index in [4.69, 9.17) is 4.74 Å². The largest absolute Gasteiger partial charge is 0.445 e. The fraction of sp³-hybridized carbons (Fsp3) is 0.550. The molecule has 0 aliphatic carbocycles. The van der Waals surface area contributed by atoms with E-state index < -0.39 is 18.2 Å². The lowest BCUT2D eigenvalue weighted by Gasteiger charge is -2.22. The number of amides is 2. The lowest BCUT2D eigenvalue weighted by atomic mass is 10.0. The van der Waals surface area contributed by atoms with E-state index >= 15 is 0 Å². The minimum atomic E-state index is -0.743. The second-order valence-corrected chi connectivity index (χ2v) is 7.27. The third-order valence-electron chi connectivity index (χ3n) is 3.75. The summed E-state index contributed by atoms with van der Waals surface area (Å²) in [6, 6.07) is 8.01. The third-order valence-corrected chi connectivity index (χ3v) is 3.75. The van der Waals surface area contributed by atoms with Crippen LogP contribution in [0.25, 0.3) is 0 Å². The molecule has 6 nitrogen and oxygen atoms in total. The van der Waals surface area contributed by atoms with Gasteiger partial charge in [-0.05, 0) is 30.2 Å². The molecule has 0 saturated carbocycles.